The van der Waals surface area contributed by atoms with Crippen LogP contribution >= 0.6 is 23.4 Å². The van der Waals surface area contributed by atoms with Gasteiger partial charge < -0.3 is 0 Å². The Bertz CT molecular complexity index is 1070. The van der Waals surface area contributed by atoms with Gasteiger partial charge in [-0.15, -0.1) is 0 Å². The lowest BCUT2D eigenvalue weighted by molar-refractivity contribution is 0.920. The number of nitrogens with zero attached hydrogens (tertiary/aromatic N) is 3. The second kappa shape index (κ2) is 7.14. The molecule has 0 aliphatic heterocycles. The summed E-state index contributed by atoms with van der Waals surface area (Å²) in [7, 11) is 0. The fourth-order valence-electron chi connectivity index (χ4n) is 2.78. The summed E-state index contributed by atoms with van der Waals surface area (Å²) < 4.78 is 1.90. The van der Waals surface area contributed by atoms with Crippen molar-refractivity contribution in [2.24, 2.45) is 0 Å². The molecule has 0 fully saturated rings. The number of fused-ring (bicyclic) bond motifs is 1. The van der Waals surface area contributed by atoms with E-state index >= 15 is 0 Å². The van der Waals surface area contributed by atoms with Gasteiger partial charge in [-0.25, -0.2) is 9.50 Å². The molecule has 0 saturated heterocycles. The molecule has 0 N–H and O–H groups in total. The van der Waals surface area contributed by atoms with E-state index in [4.69, 9.17) is 16.7 Å². The number of rotatable bonds is 4. The molecule has 2 aromatic heterocycles. The van der Waals surface area contributed by atoms with Gasteiger partial charge in [-0.1, -0.05) is 47.6 Å². The van der Waals surface area contributed by atoms with Crippen LogP contribution in [0, 0.1) is 13.8 Å². The monoisotopic (exact) mass is 379 g/mol. The SMILES string of the molecule is Cc1ccc(-c2cc3c(SCc4ccc(Cl)cc4)nccn3n2)cc1C. The van der Waals surface area contributed by atoms with Gasteiger partial charge in [0.1, 0.15) is 5.03 Å². The quantitative estimate of drug-likeness (QED) is 0.410. The molecule has 0 atom stereocenters. The molecule has 0 amide bonds. The molecule has 0 saturated carbocycles. The number of hydrogen-bond acceptors (Lipinski definition) is 3. The third kappa shape index (κ3) is 3.48. The summed E-state index contributed by atoms with van der Waals surface area (Å²) in [5, 5.41) is 6.46. The molecular formula is C21H18ClN3S. The maximum absolute atomic E-state index is 5.96. The molecule has 0 aliphatic rings. The first-order chi connectivity index (χ1) is 12.6. The van der Waals surface area contributed by atoms with Crippen molar-refractivity contribution in [1.82, 2.24) is 14.6 Å². The lowest BCUT2D eigenvalue weighted by atomic mass is 10.0. The summed E-state index contributed by atoms with van der Waals surface area (Å²) in [6.45, 7) is 4.25. The number of benzene rings is 2. The zero-order valence-corrected chi connectivity index (χ0v) is 16.2. The summed E-state index contributed by atoms with van der Waals surface area (Å²) in [6.07, 6.45) is 3.70. The van der Waals surface area contributed by atoms with Gasteiger partial charge in [0, 0.05) is 28.7 Å². The maximum Gasteiger partial charge on any atom is 0.122 e. The van der Waals surface area contributed by atoms with Crippen LogP contribution in [0.15, 0.2) is 66.0 Å². The maximum atomic E-state index is 5.96. The molecule has 2 aromatic carbocycles. The van der Waals surface area contributed by atoms with Crippen molar-refractivity contribution in [2.45, 2.75) is 24.6 Å². The zero-order valence-electron chi connectivity index (χ0n) is 14.6. The number of halogens is 1. The van der Waals surface area contributed by atoms with E-state index in [1.54, 1.807) is 18.0 Å². The van der Waals surface area contributed by atoms with Crippen molar-refractivity contribution in [3.63, 3.8) is 0 Å². The standard InChI is InChI=1S/C21H18ClN3S/c1-14-3-6-17(11-15(14)2)19-12-20-21(23-9-10-25(20)24-19)26-13-16-4-7-18(22)8-5-16/h3-12H,13H2,1-2H3. The molecular weight excluding hydrogens is 362 g/mol. The third-order valence-corrected chi connectivity index (χ3v) is 5.76. The molecule has 0 radical (unpaired) electrons. The van der Waals surface area contributed by atoms with Crippen LogP contribution in [-0.2, 0) is 5.75 Å². The molecule has 0 bridgehead atoms. The van der Waals surface area contributed by atoms with Crippen LogP contribution < -0.4 is 0 Å². The van der Waals surface area contributed by atoms with Crippen molar-refractivity contribution in [1.29, 1.82) is 0 Å². The smallest absolute Gasteiger partial charge is 0.122 e. The van der Waals surface area contributed by atoms with Gasteiger partial charge in [-0.3, -0.25) is 0 Å². The van der Waals surface area contributed by atoms with E-state index in [0.717, 1.165) is 32.6 Å². The van der Waals surface area contributed by atoms with Crippen molar-refractivity contribution < 1.29 is 0 Å². The van der Waals surface area contributed by atoms with Crippen LogP contribution in [-0.4, -0.2) is 14.6 Å². The van der Waals surface area contributed by atoms with Gasteiger partial charge in [-0.05, 0) is 54.8 Å². The number of aryl methyl sites for hydroxylation is 2. The summed E-state index contributed by atoms with van der Waals surface area (Å²) in [5.74, 6) is 0.841. The van der Waals surface area contributed by atoms with E-state index in [1.165, 1.54) is 16.7 Å². The highest BCUT2D eigenvalue weighted by Gasteiger charge is 2.10. The van der Waals surface area contributed by atoms with Crippen LogP contribution in [0.5, 0.6) is 0 Å². The lowest BCUT2D eigenvalue weighted by Crippen LogP contribution is -1.91. The molecule has 26 heavy (non-hydrogen) atoms. The molecule has 3 nitrogen and oxygen atoms in total. The molecule has 4 aromatic rings. The van der Waals surface area contributed by atoms with Gasteiger partial charge in [0.15, 0.2) is 0 Å². The van der Waals surface area contributed by atoms with Crippen molar-refractivity contribution in [3.8, 4) is 11.3 Å². The zero-order chi connectivity index (χ0) is 18.1. The Morgan fingerprint density at radius 2 is 1.81 bits per heavy atom. The Kier molecular flexibility index (Phi) is 4.70. The summed E-state index contributed by atoms with van der Waals surface area (Å²) in [5.41, 5.74) is 6.91. The summed E-state index contributed by atoms with van der Waals surface area (Å²) in [4.78, 5) is 4.55. The molecule has 5 heteroatoms. The third-order valence-electron chi connectivity index (χ3n) is 4.45. The normalized spacial score (nSPS) is 11.2. The molecule has 0 unspecified atom stereocenters. The van der Waals surface area contributed by atoms with Crippen LogP contribution in [0.1, 0.15) is 16.7 Å². The highest BCUT2D eigenvalue weighted by Crippen LogP contribution is 2.29. The molecule has 130 valence electrons. The second-order valence-electron chi connectivity index (χ2n) is 6.31. The first kappa shape index (κ1) is 17.1. The number of thioether (sulfide) groups is 1. The Balaban J connectivity index is 1.64. The average Bonchev–Trinajstić information content (AvgIpc) is 3.08. The Labute approximate surface area is 162 Å². The van der Waals surface area contributed by atoms with E-state index in [0.29, 0.717) is 0 Å². The fraction of sp³-hybridized carbons (Fsp3) is 0.143. The largest absolute Gasteiger partial charge is 0.246 e. The van der Waals surface area contributed by atoms with Crippen molar-refractivity contribution >= 4 is 28.9 Å². The first-order valence-corrected chi connectivity index (χ1v) is 9.76. The number of aromatic nitrogens is 3. The first-order valence-electron chi connectivity index (χ1n) is 8.39. The second-order valence-corrected chi connectivity index (χ2v) is 7.71. The summed E-state index contributed by atoms with van der Waals surface area (Å²) in [6, 6.07) is 16.5. The van der Waals surface area contributed by atoms with Crippen LogP contribution in [0.2, 0.25) is 5.02 Å². The van der Waals surface area contributed by atoms with Gasteiger partial charge in [0.05, 0.1) is 11.2 Å². The van der Waals surface area contributed by atoms with Gasteiger partial charge >= 0.3 is 0 Å². The van der Waals surface area contributed by atoms with Gasteiger partial charge in [-0.2, -0.15) is 5.10 Å². The van der Waals surface area contributed by atoms with Gasteiger partial charge in [0.2, 0.25) is 0 Å². The molecule has 0 aliphatic carbocycles. The lowest BCUT2D eigenvalue weighted by Gasteiger charge is -2.03. The fourth-order valence-corrected chi connectivity index (χ4v) is 3.84. The van der Waals surface area contributed by atoms with Crippen molar-refractivity contribution in [3.05, 3.63) is 82.6 Å². The van der Waals surface area contributed by atoms with E-state index < -0.39 is 0 Å². The van der Waals surface area contributed by atoms with E-state index in [1.807, 2.05) is 35.0 Å². The minimum atomic E-state index is 0.757. The Morgan fingerprint density at radius 3 is 2.58 bits per heavy atom. The minimum Gasteiger partial charge on any atom is -0.246 e. The van der Waals surface area contributed by atoms with Gasteiger partial charge in [0.25, 0.3) is 0 Å². The van der Waals surface area contributed by atoms with Crippen molar-refractivity contribution in [2.75, 3.05) is 0 Å². The minimum absolute atomic E-state index is 0.757. The Morgan fingerprint density at radius 1 is 1.00 bits per heavy atom. The predicted molar refractivity (Wildman–Crippen MR) is 109 cm³/mol. The number of hydrogen-bond donors (Lipinski definition) is 0. The van der Waals surface area contributed by atoms with Crippen LogP contribution in [0.3, 0.4) is 0 Å². The highest BCUT2D eigenvalue weighted by molar-refractivity contribution is 7.98. The van der Waals surface area contributed by atoms with E-state index in [-0.39, 0.29) is 0 Å². The average molecular weight is 380 g/mol. The predicted octanol–water partition coefficient (Wildman–Crippen LogP) is 5.96. The van der Waals surface area contributed by atoms with Crippen LogP contribution in [0.25, 0.3) is 16.8 Å². The van der Waals surface area contributed by atoms with E-state index in [2.05, 4.69) is 43.1 Å². The Hall–Kier alpha value is -2.30. The summed E-state index contributed by atoms with van der Waals surface area (Å²) >= 11 is 7.67. The van der Waals surface area contributed by atoms with E-state index in [9.17, 15) is 0 Å². The molecule has 0 spiro atoms. The van der Waals surface area contributed by atoms with Crippen LogP contribution in [0.4, 0.5) is 0 Å². The highest BCUT2D eigenvalue weighted by atomic mass is 35.5. The molecule has 4 rings (SSSR count). The topological polar surface area (TPSA) is 30.2 Å². The molecule has 2 heterocycles.